The standard InChI is InChI=1S/C11H15N3/c1-2-3-7-12-11-13-8-9-5-4-6-10(9)14-11/h4,6,8H,2-3,5,7H2,1H3,(H,12,13,14). The van der Waals surface area contributed by atoms with Gasteiger partial charge in [0, 0.05) is 18.3 Å². The number of nitrogens with zero attached hydrogens (tertiary/aromatic N) is 2. The SMILES string of the molecule is CCCCNc1ncc2c(n1)C=CC2. The van der Waals surface area contributed by atoms with Gasteiger partial charge in [-0.15, -0.1) is 0 Å². The van der Waals surface area contributed by atoms with E-state index in [0.717, 1.165) is 31.0 Å². The van der Waals surface area contributed by atoms with E-state index < -0.39 is 0 Å². The minimum atomic E-state index is 0.753. The van der Waals surface area contributed by atoms with Gasteiger partial charge in [0.15, 0.2) is 0 Å². The number of hydrogen-bond acceptors (Lipinski definition) is 3. The van der Waals surface area contributed by atoms with Crippen LogP contribution < -0.4 is 5.32 Å². The maximum atomic E-state index is 4.42. The normalized spacial score (nSPS) is 12.9. The summed E-state index contributed by atoms with van der Waals surface area (Å²) in [5.41, 5.74) is 2.30. The smallest absolute Gasteiger partial charge is 0.223 e. The van der Waals surface area contributed by atoms with Gasteiger partial charge >= 0.3 is 0 Å². The van der Waals surface area contributed by atoms with Crippen LogP contribution in [0, 0.1) is 0 Å². The topological polar surface area (TPSA) is 37.8 Å². The van der Waals surface area contributed by atoms with Crippen LogP contribution >= 0.6 is 0 Å². The minimum absolute atomic E-state index is 0.753. The molecule has 0 spiro atoms. The van der Waals surface area contributed by atoms with Crippen LogP contribution in [0.3, 0.4) is 0 Å². The van der Waals surface area contributed by atoms with Crippen LogP contribution in [-0.4, -0.2) is 16.5 Å². The van der Waals surface area contributed by atoms with Crippen molar-refractivity contribution in [1.82, 2.24) is 9.97 Å². The molecule has 3 heteroatoms. The molecule has 74 valence electrons. The number of anilines is 1. The first kappa shape index (κ1) is 9.19. The second kappa shape index (κ2) is 4.22. The summed E-state index contributed by atoms with van der Waals surface area (Å²) >= 11 is 0. The molecule has 1 aliphatic rings. The highest BCUT2D eigenvalue weighted by atomic mass is 15.1. The molecule has 0 bridgehead atoms. The van der Waals surface area contributed by atoms with Gasteiger partial charge in [0.25, 0.3) is 0 Å². The van der Waals surface area contributed by atoms with Crippen molar-refractivity contribution in [1.29, 1.82) is 0 Å². The van der Waals surface area contributed by atoms with Gasteiger partial charge in [0.05, 0.1) is 5.69 Å². The Kier molecular flexibility index (Phi) is 2.77. The Bertz CT molecular complexity index is 344. The lowest BCUT2D eigenvalue weighted by molar-refractivity contribution is 0.825. The number of rotatable bonds is 4. The predicted octanol–water partition coefficient (Wildman–Crippen LogP) is 2.26. The summed E-state index contributed by atoms with van der Waals surface area (Å²) in [5.74, 6) is 0.753. The fourth-order valence-electron chi connectivity index (χ4n) is 1.48. The molecule has 1 heterocycles. The fraction of sp³-hybridized carbons (Fsp3) is 0.455. The summed E-state index contributed by atoms with van der Waals surface area (Å²) in [6.45, 7) is 3.13. The molecule has 14 heavy (non-hydrogen) atoms. The van der Waals surface area contributed by atoms with E-state index in [1.54, 1.807) is 0 Å². The Hall–Kier alpha value is -1.38. The van der Waals surface area contributed by atoms with E-state index in [4.69, 9.17) is 0 Å². The van der Waals surface area contributed by atoms with E-state index in [-0.39, 0.29) is 0 Å². The van der Waals surface area contributed by atoms with Gasteiger partial charge in [0.2, 0.25) is 5.95 Å². The number of fused-ring (bicyclic) bond motifs is 1. The molecule has 0 fully saturated rings. The van der Waals surface area contributed by atoms with Crippen molar-refractivity contribution in [2.75, 3.05) is 11.9 Å². The van der Waals surface area contributed by atoms with Crippen molar-refractivity contribution in [2.24, 2.45) is 0 Å². The molecule has 0 amide bonds. The first-order valence-electron chi connectivity index (χ1n) is 5.16. The molecule has 0 atom stereocenters. The lowest BCUT2D eigenvalue weighted by Gasteiger charge is -2.04. The Morgan fingerprint density at radius 1 is 1.50 bits per heavy atom. The van der Waals surface area contributed by atoms with Crippen molar-refractivity contribution < 1.29 is 0 Å². The molecule has 1 aromatic rings. The molecule has 1 aromatic heterocycles. The van der Waals surface area contributed by atoms with Crippen LogP contribution in [0.2, 0.25) is 0 Å². The largest absolute Gasteiger partial charge is 0.354 e. The third kappa shape index (κ3) is 1.92. The summed E-state index contributed by atoms with van der Waals surface area (Å²) in [6, 6.07) is 0. The van der Waals surface area contributed by atoms with Crippen LogP contribution in [0.15, 0.2) is 12.3 Å². The molecule has 3 nitrogen and oxygen atoms in total. The van der Waals surface area contributed by atoms with Gasteiger partial charge in [0.1, 0.15) is 0 Å². The number of unbranched alkanes of at least 4 members (excludes halogenated alkanes) is 1. The molecule has 1 N–H and O–H groups in total. The van der Waals surface area contributed by atoms with E-state index in [9.17, 15) is 0 Å². The van der Waals surface area contributed by atoms with E-state index in [1.165, 1.54) is 12.0 Å². The molecule has 0 aliphatic heterocycles. The quantitative estimate of drug-likeness (QED) is 0.738. The van der Waals surface area contributed by atoms with Crippen LogP contribution in [0.1, 0.15) is 31.0 Å². The second-order valence-corrected chi connectivity index (χ2v) is 3.49. The predicted molar refractivity (Wildman–Crippen MR) is 58.2 cm³/mol. The van der Waals surface area contributed by atoms with Crippen molar-refractivity contribution in [3.63, 3.8) is 0 Å². The average Bonchev–Trinajstić information content (AvgIpc) is 2.65. The summed E-state index contributed by atoms with van der Waals surface area (Å²) in [5, 5.41) is 3.22. The number of hydrogen-bond donors (Lipinski definition) is 1. The Morgan fingerprint density at radius 3 is 3.29 bits per heavy atom. The maximum absolute atomic E-state index is 4.42. The Labute approximate surface area is 84.3 Å². The van der Waals surface area contributed by atoms with E-state index >= 15 is 0 Å². The van der Waals surface area contributed by atoms with Gasteiger partial charge in [-0.25, -0.2) is 9.97 Å². The summed E-state index contributed by atoms with van der Waals surface area (Å²) in [7, 11) is 0. The maximum Gasteiger partial charge on any atom is 0.223 e. The van der Waals surface area contributed by atoms with Crippen molar-refractivity contribution in [2.45, 2.75) is 26.2 Å². The lowest BCUT2D eigenvalue weighted by atomic mass is 10.2. The molecular formula is C11H15N3. The number of allylic oxidation sites excluding steroid dienone is 1. The molecule has 1 aliphatic carbocycles. The highest BCUT2D eigenvalue weighted by Gasteiger charge is 2.07. The van der Waals surface area contributed by atoms with Crippen LogP contribution in [0.25, 0.3) is 6.08 Å². The lowest BCUT2D eigenvalue weighted by Crippen LogP contribution is -2.06. The van der Waals surface area contributed by atoms with Gasteiger partial charge < -0.3 is 5.32 Å². The summed E-state index contributed by atoms with van der Waals surface area (Å²) < 4.78 is 0. The monoisotopic (exact) mass is 189 g/mol. The number of nitrogens with one attached hydrogen (secondary N) is 1. The number of aromatic nitrogens is 2. The molecule has 0 unspecified atom stereocenters. The van der Waals surface area contributed by atoms with E-state index in [1.807, 2.05) is 6.20 Å². The van der Waals surface area contributed by atoms with Gasteiger partial charge in [-0.1, -0.05) is 19.4 Å². The summed E-state index contributed by atoms with van der Waals surface area (Å²) in [4.78, 5) is 8.68. The minimum Gasteiger partial charge on any atom is -0.354 e. The molecule has 0 saturated carbocycles. The molecular weight excluding hydrogens is 174 g/mol. The summed E-state index contributed by atoms with van der Waals surface area (Å²) in [6.07, 6.45) is 9.42. The van der Waals surface area contributed by atoms with E-state index in [2.05, 4.69) is 34.4 Å². The van der Waals surface area contributed by atoms with E-state index in [0.29, 0.717) is 0 Å². The average molecular weight is 189 g/mol. The van der Waals surface area contributed by atoms with Crippen molar-refractivity contribution in [3.05, 3.63) is 23.5 Å². The zero-order valence-corrected chi connectivity index (χ0v) is 8.45. The molecule has 0 radical (unpaired) electrons. The third-order valence-electron chi connectivity index (χ3n) is 2.32. The second-order valence-electron chi connectivity index (χ2n) is 3.49. The van der Waals surface area contributed by atoms with Crippen LogP contribution in [0.4, 0.5) is 5.95 Å². The van der Waals surface area contributed by atoms with Gasteiger partial charge in [-0.2, -0.15) is 0 Å². The van der Waals surface area contributed by atoms with Crippen molar-refractivity contribution >= 4 is 12.0 Å². The third-order valence-corrected chi connectivity index (χ3v) is 2.32. The van der Waals surface area contributed by atoms with Crippen LogP contribution in [-0.2, 0) is 6.42 Å². The first-order valence-corrected chi connectivity index (χ1v) is 5.16. The Balaban J connectivity index is 2.01. The molecule has 0 saturated heterocycles. The van der Waals surface area contributed by atoms with Crippen LogP contribution in [0.5, 0.6) is 0 Å². The zero-order chi connectivity index (χ0) is 9.80. The van der Waals surface area contributed by atoms with Gasteiger partial charge in [-0.3, -0.25) is 0 Å². The highest BCUT2D eigenvalue weighted by Crippen LogP contribution is 2.17. The van der Waals surface area contributed by atoms with Gasteiger partial charge in [-0.05, 0) is 18.9 Å². The van der Waals surface area contributed by atoms with Crippen molar-refractivity contribution in [3.8, 4) is 0 Å². The first-order chi connectivity index (χ1) is 6.90. The molecule has 0 aromatic carbocycles. The fourth-order valence-corrected chi connectivity index (χ4v) is 1.48. The Morgan fingerprint density at radius 2 is 2.43 bits per heavy atom. The zero-order valence-electron chi connectivity index (χ0n) is 8.45. The molecule has 2 rings (SSSR count). The highest BCUT2D eigenvalue weighted by molar-refractivity contribution is 5.56.